The van der Waals surface area contributed by atoms with Crippen LogP contribution in [0.4, 0.5) is 13.6 Å². The van der Waals surface area contributed by atoms with Gasteiger partial charge in [-0.25, -0.2) is 13.6 Å². The number of nitrogens with zero attached hydrogens (tertiary/aromatic N) is 2. The molecule has 1 aliphatic rings. The number of halogens is 2. The van der Waals surface area contributed by atoms with Gasteiger partial charge in [-0.15, -0.1) is 0 Å². The third kappa shape index (κ3) is 2.69. The number of aryl methyl sites for hydroxylation is 1. The van der Waals surface area contributed by atoms with Gasteiger partial charge in [-0.3, -0.25) is 14.5 Å². The quantitative estimate of drug-likeness (QED) is 0.679. The molecule has 0 aliphatic carbocycles. The predicted octanol–water partition coefficient (Wildman–Crippen LogP) is 1.95. The summed E-state index contributed by atoms with van der Waals surface area (Å²) in [5.41, 5.74) is -1.12. The average Bonchev–Trinajstić information content (AvgIpc) is 3.07. The SMILES string of the molecule is Cn1cccc1C(=O)CN1C(=O)NC(C)(c2ccc(F)c(F)c2)C1=O. The second-order valence-electron chi connectivity index (χ2n) is 6.00. The zero-order valence-corrected chi connectivity index (χ0v) is 13.5. The van der Waals surface area contributed by atoms with E-state index in [0.717, 1.165) is 17.0 Å². The van der Waals surface area contributed by atoms with Crippen LogP contribution in [-0.4, -0.2) is 33.7 Å². The predicted molar refractivity (Wildman–Crippen MR) is 83.7 cm³/mol. The van der Waals surface area contributed by atoms with Crippen LogP contribution < -0.4 is 5.32 Å². The van der Waals surface area contributed by atoms with Crippen molar-refractivity contribution in [2.75, 3.05) is 6.54 Å². The van der Waals surface area contributed by atoms with Crippen LogP contribution in [0.5, 0.6) is 0 Å². The van der Waals surface area contributed by atoms with E-state index in [9.17, 15) is 23.2 Å². The summed E-state index contributed by atoms with van der Waals surface area (Å²) in [6.07, 6.45) is 1.67. The molecule has 1 saturated heterocycles. The summed E-state index contributed by atoms with van der Waals surface area (Å²) in [6.45, 7) is 0.939. The molecule has 1 fully saturated rings. The number of hydrogen-bond donors (Lipinski definition) is 1. The number of rotatable bonds is 4. The van der Waals surface area contributed by atoms with Gasteiger partial charge >= 0.3 is 6.03 Å². The zero-order chi connectivity index (χ0) is 18.4. The molecule has 2 aromatic rings. The standard InChI is InChI=1S/C17H15F2N3O3/c1-17(10-5-6-11(18)12(19)8-10)15(24)22(16(25)20-17)9-14(23)13-4-3-7-21(13)2/h3-8H,9H2,1-2H3,(H,20,25). The van der Waals surface area contributed by atoms with Crippen LogP contribution >= 0.6 is 0 Å². The Balaban J connectivity index is 1.88. The first-order valence-electron chi connectivity index (χ1n) is 7.48. The number of nitrogens with one attached hydrogen (secondary N) is 1. The minimum Gasteiger partial charge on any atom is -0.348 e. The first-order valence-corrected chi connectivity index (χ1v) is 7.48. The molecule has 1 atom stereocenters. The van der Waals surface area contributed by atoms with Gasteiger partial charge in [0.2, 0.25) is 0 Å². The Labute approximate surface area is 142 Å². The van der Waals surface area contributed by atoms with Crippen molar-refractivity contribution < 1.29 is 23.2 Å². The summed E-state index contributed by atoms with van der Waals surface area (Å²) in [7, 11) is 1.67. The van der Waals surface area contributed by atoms with Crippen molar-refractivity contribution in [1.29, 1.82) is 0 Å². The van der Waals surface area contributed by atoms with E-state index in [1.807, 2.05) is 0 Å². The van der Waals surface area contributed by atoms with Crippen molar-refractivity contribution in [3.63, 3.8) is 0 Å². The summed E-state index contributed by atoms with van der Waals surface area (Å²) in [6, 6.07) is 5.45. The van der Waals surface area contributed by atoms with Gasteiger partial charge in [0, 0.05) is 13.2 Å². The van der Waals surface area contributed by atoms with Crippen molar-refractivity contribution in [3.8, 4) is 0 Å². The van der Waals surface area contributed by atoms with Crippen molar-refractivity contribution in [2.24, 2.45) is 7.05 Å². The summed E-state index contributed by atoms with van der Waals surface area (Å²) >= 11 is 0. The second-order valence-corrected chi connectivity index (χ2v) is 6.00. The maximum absolute atomic E-state index is 13.5. The van der Waals surface area contributed by atoms with E-state index in [-0.39, 0.29) is 5.56 Å². The summed E-state index contributed by atoms with van der Waals surface area (Å²) in [5, 5.41) is 2.45. The maximum atomic E-state index is 13.5. The third-order valence-corrected chi connectivity index (χ3v) is 4.30. The molecule has 1 aliphatic heterocycles. The molecule has 1 aromatic carbocycles. The van der Waals surface area contributed by atoms with Crippen LogP contribution in [0.2, 0.25) is 0 Å². The third-order valence-electron chi connectivity index (χ3n) is 4.30. The van der Waals surface area contributed by atoms with E-state index in [4.69, 9.17) is 0 Å². The molecule has 25 heavy (non-hydrogen) atoms. The number of hydrogen-bond acceptors (Lipinski definition) is 3. The number of benzene rings is 1. The first-order chi connectivity index (χ1) is 11.7. The molecule has 3 rings (SSSR count). The Morgan fingerprint density at radius 1 is 1.20 bits per heavy atom. The minimum absolute atomic E-state index is 0.0959. The molecule has 8 heteroatoms. The molecular weight excluding hydrogens is 332 g/mol. The molecule has 2 heterocycles. The van der Waals surface area contributed by atoms with E-state index < -0.39 is 41.4 Å². The number of Topliss-reactive ketones (excluding diaryl/α,β-unsaturated/α-hetero) is 1. The number of carbonyl (C=O) groups excluding carboxylic acids is 3. The molecular formula is C17H15F2N3O3. The normalized spacial score (nSPS) is 20.1. The van der Waals surface area contributed by atoms with Crippen LogP contribution in [0.1, 0.15) is 23.0 Å². The van der Waals surface area contributed by atoms with Gasteiger partial charge < -0.3 is 9.88 Å². The van der Waals surface area contributed by atoms with E-state index in [2.05, 4.69) is 5.32 Å². The van der Waals surface area contributed by atoms with Crippen molar-refractivity contribution in [3.05, 3.63) is 59.4 Å². The number of ketones is 1. The Hall–Kier alpha value is -3.03. The Morgan fingerprint density at radius 2 is 1.92 bits per heavy atom. The molecule has 1 aromatic heterocycles. The summed E-state index contributed by atoms with van der Waals surface area (Å²) in [5.74, 6) is -3.30. The summed E-state index contributed by atoms with van der Waals surface area (Å²) < 4.78 is 28.2. The topological polar surface area (TPSA) is 71.4 Å². The second kappa shape index (κ2) is 5.80. The van der Waals surface area contributed by atoms with Crippen LogP contribution in [0.15, 0.2) is 36.5 Å². The Bertz CT molecular complexity index is 893. The molecule has 1 unspecified atom stereocenters. The van der Waals surface area contributed by atoms with Crippen LogP contribution in [-0.2, 0) is 17.4 Å². The molecule has 0 saturated carbocycles. The highest BCUT2D eigenvalue weighted by molar-refractivity contribution is 6.11. The number of aromatic nitrogens is 1. The number of urea groups is 1. The van der Waals surface area contributed by atoms with Gasteiger partial charge in [0.25, 0.3) is 5.91 Å². The molecule has 3 amide bonds. The van der Waals surface area contributed by atoms with E-state index in [1.54, 1.807) is 29.9 Å². The van der Waals surface area contributed by atoms with Crippen molar-refractivity contribution in [1.82, 2.24) is 14.8 Å². The van der Waals surface area contributed by atoms with Gasteiger partial charge in [-0.1, -0.05) is 6.07 Å². The number of carbonyl (C=O) groups is 3. The van der Waals surface area contributed by atoms with Crippen molar-refractivity contribution in [2.45, 2.75) is 12.5 Å². The monoisotopic (exact) mass is 347 g/mol. The maximum Gasteiger partial charge on any atom is 0.325 e. The Morgan fingerprint density at radius 3 is 2.52 bits per heavy atom. The first kappa shape index (κ1) is 16.8. The van der Waals surface area contributed by atoms with Gasteiger partial charge in [-0.05, 0) is 36.8 Å². The van der Waals surface area contributed by atoms with Crippen LogP contribution in [0.3, 0.4) is 0 Å². The lowest BCUT2D eigenvalue weighted by Crippen LogP contribution is -2.41. The minimum atomic E-state index is -1.57. The smallest absolute Gasteiger partial charge is 0.325 e. The highest BCUT2D eigenvalue weighted by Crippen LogP contribution is 2.29. The van der Waals surface area contributed by atoms with Crippen LogP contribution in [0.25, 0.3) is 0 Å². The Kier molecular flexibility index (Phi) is 3.90. The molecule has 0 radical (unpaired) electrons. The fourth-order valence-corrected chi connectivity index (χ4v) is 2.82. The van der Waals surface area contributed by atoms with E-state index in [1.165, 1.54) is 13.0 Å². The highest BCUT2D eigenvalue weighted by Gasteiger charge is 2.49. The van der Waals surface area contributed by atoms with Crippen LogP contribution in [0, 0.1) is 11.6 Å². The van der Waals surface area contributed by atoms with E-state index in [0.29, 0.717) is 5.69 Å². The highest BCUT2D eigenvalue weighted by atomic mass is 19.2. The molecule has 6 nitrogen and oxygen atoms in total. The lowest BCUT2D eigenvalue weighted by Gasteiger charge is -2.22. The van der Waals surface area contributed by atoms with Gasteiger partial charge in [-0.2, -0.15) is 0 Å². The zero-order valence-electron chi connectivity index (χ0n) is 13.5. The summed E-state index contributed by atoms with van der Waals surface area (Å²) in [4.78, 5) is 38.0. The fourth-order valence-electron chi connectivity index (χ4n) is 2.82. The van der Waals surface area contributed by atoms with Gasteiger partial charge in [0.15, 0.2) is 17.4 Å². The van der Waals surface area contributed by atoms with Crippen molar-refractivity contribution >= 4 is 17.7 Å². The van der Waals surface area contributed by atoms with Gasteiger partial charge in [0.1, 0.15) is 5.54 Å². The van der Waals surface area contributed by atoms with Gasteiger partial charge in [0.05, 0.1) is 12.2 Å². The number of imide groups is 1. The molecule has 0 bridgehead atoms. The van der Waals surface area contributed by atoms with E-state index >= 15 is 0 Å². The molecule has 0 spiro atoms. The molecule has 1 N–H and O–H groups in total. The fraction of sp³-hybridized carbons (Fsp3) is 0.235. The number of amides is 3. The largest absolute Gasteiger partial charge is 0.348 e. The lowest BCUT2D eigenvalue weighted by atomic mass is 9.92. The average molecular weight is 347 g/mol. The lowest BCUT2D eigenvalue weighted by molar-refractivity contribution is -0.130. The molecule has 130 valence electrons.